The van der Waals surface area contributed by atoms with Gasteiger partial charge in [-0.3, -0.25) is 0 Å². The number of halogens is 3. The number of alkyl halides is 3. The van der Waals surface area contributed by atoms with Crippen LogP contribution in [-0.4, -0.2) is 16.1 Å². The van der Waals surface area contributed by atoms with Crippen LogP contribution < -0.4 is 0 Å². The number of carboxylic acid groups (broad SMARTS) is 1. The molecule has 0 radical (unpaired) electrons. The van der Waals surface area contributed by atoms with Crippen molar-refractivity contribution in [2.45, 2.75) is 31.9 Å². The molecule has 1 aliphatic carbocycles. The Labute approximate surface area is 118 Å². The van der Waals surface area contributed by atoms with Crippen molar-refractivity contribution < 1.29 is 23.1 Å². The average Bonchev–Trinajstić information content (AvgIpc) is 2.44. The summed E-state index contributed by atoms with van der Waals surface area (Å²) in [7, 11) is 0. The lowest BCUT2D eigenvalue weighted by Crippen LogP contribution is -2.18. The molecule has 0 atom stereocenters. The summed E-state index contributed by atoms with van der Waals surface area (Å²) >= 11 is 0. The minimum atomic E-state index is -4.57. The molecule has 1 aromatic heterocycles. The first-order valence-electron chi connectivity index (χ1n) is 6.64. The summed E-state index contributed by atoms with van der Waals surface area (Å²) in [5.74, 6) is -1.27. The van der Waals surface area contributed by atoms with Crippen LogP contribution >= 0.6 is 0 Å². The van der Waals surface area contributed by atoms with Gasteiger partial charge in [0.25, 0.3) is 0 Å². The number of aromatic nitrogens is 1. The summed E-state index contributed by atoms with van der Waals surface area (Å²) in [5, 5.41) is 9.68. The van der Waals surface area contributed by atoms with Gasteiger partial charge in [-0.1, -0.05) is 12.1 Å². The van der Waals surface area contributed by atoms with Crippen LogP contribution in [-0.2, 0) is 19.0 Å². The van der Waals surface area contributed by atoms with Gasteiger partial charge in [0.2, 0.25) is 0 Å². The molecule has 0 fully saturated rings. The maximum absolute atomic E-state index is 13.2. The third kappa shape index (κ3) is 2.24. The van der Waals surface area contributed by atoms with Crippen molar-refractivity contribution in [3.05, 3.63) is 40.6 Å². The second kappa shape index (κ2) is 4.72. The zero-order chi connectivity index (χ0) is 15.2. The van der Waals surface area contributed by atoms with Gasteiger partial charge in [0.05, 0.1) is 11.1 Å². The van der Waals surface area contributed by atoms with E-state index in [0.29, 0.717) is 30.2 Å². The van der Waals surface area contributed by atoms with Crippen molar-refractivity contribution in [3.63, 3.8) is 0 Å². The SMILES string of the molecule is O=C(O)c1cccc2c3c(c(C(F)(F)F)nc12)CCCC3. The van der Waals surface area contributed by atoms with Crippen molar-refractivity contribution in [2.75, 3.05) is 0 Å². The number of pyridine rings is 1. The zero-order valence-corrected chi connectivity index (χ0v) is 11.0. The van der Waals surface area contributed by atoms with E-state index in [0.717, 1.165) is 6.42 Å². The molecule has 0 saturated carbocycles. The van der Waals surface area contributed by atoms with Gasteiger partial charge >= 0.3 is 12.1 Å². The van der Waals surface area contributed by atoms with E-state index in [1.54, 1.807) is 12.1 Å². The molecule has 6 heteroatoms. The largest absolute Gasteiger partial charge is 0.478 e. The molecule has 1 aliphatic rings. The number of rotatable bonds is 1. The summed E-state index contributed by atoms with van der Waals surface area (Å²) in [6.07, 6.45) is -2.20. The molecular formula is C15H12F3NO2. The fraction of sp³-hybridized carbons (Fsp3) is 0.333. The molecule has 3 rings (SSSR count). The standard InChI is InChI=1S/C15H12F3NO2/c16-15(17,18)13-10-5-2-1-4-8(10)9-6-3-7-11(14(20)21)12(9)19-13/h3,6-7H,1-2,4-5H2,(H,20,21). The molecule has 2 aromatic rings. The molecule has 0 amide bonds. The second-order valence-electron chi connectivity index (χ2n) is 5.13. The first kappa shape index (κ1) is 13.9. The maximum Gasteiger partial charge on any atom is 0.433 e. The predicted molar refractivity (Wildman–Crippen MR) is 70.3 cm³/mol. The van der Waals surface area contributed by atoms with Crippen molar-refractivity contribution in [1.29, 1.82) is 0 Å². The van der Waals surface area contributed by atoms with Crippen LogP contribution in [0.1, 0.15) is 40.0 Å². The Morgan fingerprint density at radius 2 is 1.81 bits per heavy atom. The highest BCUT2D eigenvalue weighted by molar-refractivity contribution is 6.03. The number of aromatic carboxylic acids is 1. The minimum absolute atomic E-state index is 0.0713. The maximum atomic E-state index is 13.2. The highest BCUT2D eigenvalue weighted by atomic mass is 19.4. The van der Waals surface area contributed by atoms with Gasteiger partial charge in [0, 0.05) is 5.39 Å². The van der Waals surface area contributed by atoms with Gasteiger partial charge < -0.3 is 5.11 Å². The zero-order valence-electron chi connectivity index (χ0n) is 11.0. The van der Waals surface area contributed by atoms with E-state index in [1.807, 2.05) is 0 Å². The number of carboxylic acids is 1. The molecule has 0 bridgehead atoms. The molecule has 0 unspecified atom stereocenters. The summed E-state index contributed by atoms with van der Waals surface area (Å²) < 4.78 is 39.7. The van der Waals surface area contributed by atoms with Gasteiger partial charge in [-0.05, 0) is 42.9 Å². The topological polar surface area (TPSA) is 50.2 Å². The van der Waals surface area contributed by atoms with Crippen LogP contribution in [0.5, 0.6) is 0 Å². The predicted octanol–water partition coefficient (Wildman–Crippen LogP) is 3.83. The number of para-hydroxylation sites is 1. The minimum Gasteiger partial charge on any atom is -0.478 e. The van der Waals surface area contributed by atoms with Gasteiger partial charge in [-0.25, -0.2) is 9.78 Å². The number of hydrogen-bond donors (Lipinski definition) is 1. The molecule has 0 aliphatic heterocycles. The Balaban J connectivity index is 2.43. The summed E-state index contributed by atoms with van der Waals surface area (Å²) in [6.45, 7) is 0. The Morgan fingerprint density at radius 3 is 2.43 bits per heavy atom. The third-order valence-electron chi connectivity index (χ3n) is 3.84. The Morgan fingerprint density at radius 1 is 1.14 bits per heavy atom. The van der Waals surface area contributed by atoms with E-state index in [-0.39, 0.29) is 16.6 Å². The lowest BCUT2D eigenvalue weighted by atomic mass is 9.87. The number of benzene rings is 1. The monoisotopic (exact) mass is 295 g/mol. The third-order valence-corrected chi connectivity index (χ3v) is 3.84. The molecule has 1 aromatic carbocycles. The van der Waals surface area contributed by atoms with Crippen LogP contribution in [0.3, 0.4) is 0 Å². The van der Waals surface area contributed by atoms with Crippen LogP contribution in [0.2, 0.25) is 0 Å². The first-order chi connectivity index (χ1) is 9.89. The van der Waals surface area contributed by atoms with Gasteiger partial charge in [0.15, 0.2) is 0 Å². The summed E-state index contributed by atoms with van der Waals surface area (Å²) in [6, 6.07) is 4.49. The Hall–Kier alpha value is -2.11. The van der Waals surface area contributed by atoms with E-state index in [9.17, 15) is 18.0 Å². The van der Waals surface area contributed by atoms with Crippen LogP contribution in [0.25, 0.3) is 10.9 Å². The lowest BCUT2D eigenvalue weighted by Gasteiger charge is -2.22. The quantitative estimate of drug-likeness (QED) is 0.869. The number of carbonyl (C=O) groups is 1. The normalized spacial score (nSPS) is 15.0. The van der Waals surface area contributed by atoms with Crippen molar-refractivity contribution >= 4 is 16.9 Å². The molecule has 1 heterocycles. The van der Waals surface area contributed by atoms with Gasteiger partial charge in [0.1, 0.15) is 5.69 Å². The number of hydrogen-bond acceptors (Lipinski definition) is 2. The van der Waals surface area contributed by atoms with E-state index < -0.39 is 17.8 Å². The van der Waals surface area contributed by atoms with E-state index >= 15 is 0 Å². The molecule has 0 saturated heterocycles. The molecular weight excluding hydrogens is 283 g/mol. The highest BCUT2D eigenvalue weighted by Gasteiger charge is 2.38. The van der Waals surface area contributed by atoms with E-state index in [1.165, 1.54) is 6.07 Å². The fourth-order valence-electron chi connectivity index (χ4n) is 2.96. The molecule has 110 valence electrons. The molecule has 21 heavy (non-hydrogen) atoms. The molecule has 0 spiro atoms. The number of nitrogens with zero attached hydrogens (tertiary/aromatic N) is 1. The van der Waals surface area contributed by atoms with Gasteiger partial charge in [-0.2, -0.15) is 13.2 Å². The van der Waals surface area contributed by atoms with Gasteiger partial charge in [-0.15, -0.1) is 0 Å². The number of fused-ring (bicyclic) bond motifs is 3. The first-order valence-corrected chi connectivity index (χ1v) is 6.64. The fourth-order valence-corrected chi connectivity index (χ4v) is 2.96. The summed E-state index contributed by atoms with van der Waals surface area (Å²) in [5.41, 5.74) is -0.367. The highest BCUT2D eigenvalue weighted by Crippen LogP contribution is 2.38. The van der Waals surface area contributed by atoms with E-state index in [4.69, 9.17) is 5.11 Å². The summed E-state index contributed by atoms with van der Waals surface area (Å²) in [4.78, 5) is 14.9. The molecule has 1 N–H and O–H groups in total. The number of aryl methyl sites for hydroxylation is 1. The van der Waals surface area contributed by atoms with Crippen LogP contribution in [0.15, 0.2) is 18.2 Å². The smallest absolute Gasteiger partial charge is 0.433 e. The molecule has 3 nitrogen and oxygen atoms in total. The van der Waals surface area contributed by atoms with Crippen molar-refractivity contribution in [3.8, 4) is 0 Å². The Kier molecular flexibility index (Phi) is 3.11. The van der Waals surface area contributed by atoms with Crippen LogP contribution in [0, 0.1) is 0 Å². The van der Waals surface area contributed by atoms with Crippen molar-refractivity contribution in [2.24, 2.45) is 0 Å². The Bertz CT molecular complexity index is 738. The second-order valence-corrected chi connectivity index (χ2v) is 5.13. The van der Waals surface area contributed by atoms with Crippen LogP contribution in [0.4, 0.5) is 13.2 Å². The van der Waals surface area contributed by atoms with E-state index in [2.05, 4.69) is 4.98 Å². The average molecular weight is 295 g/mol. The van der Waals surface area contributed by atoms with Crippen molar-refractivity contribution in [1.82, 2.24) is 4.98 Å². The lowest BCUT2D eigenvalue weighted by molar-refractivity contribution is -0.141.